The van der Waals surface area contributed by atoms with Crippen LogP contribution in [0.1, 0.15) is 36.9 Å². The van der Waals surface area contributed by atoms with Gasteiger partial charge in [-0.05, 0) is 69.1 Å². The third-order valence-corrected chi connectivity index (χ3v) is 5.35. The molecule has 1 saturated heterocycles. The van der Waals surface area contributed by atoms with Crippen molar-refractivity contribution in [2.45, 2.75) is 25.8 Å². The molecule has 3 rings (SSSR count). The van der Waals surface area contributed by atoms with E-state index in [1.54, 1.807) is 31.2 Å². The summed E-state index contributed by atoms with van der Waals surface area (Å²) in [5.41, 5.74) is 6.32. The maximum Gasteiger partial charge on any atom is 0.330 e. The van der Waals surface area contributed by atoms with E-state index < -0.39 is 17.8 Å². The molecule has 1 fully saturated rings. The molecule has 0 aliphatic carbocycles. The number of carboxylic acids is 1. The van der Waals surface area contributed by atoms with E-state index in [-0.39, 0.29) is 17.1 Å². The summed E-state index contributed by atoms with van der Waals surface area (Å²) in [5.74, 6) is -1.46. The molecular weight excluding hydrogens is 415 g/mol. The quantitative estimate of drug-likeness (QED) is 0.281. The first-order valence-corrected chi connectivity index (χ1v) is 10.6. The molecule has 9 heteroatoms. The molecule has 1 aliphatic rings. The second-order valence-corrected chi connectivity index (χ2v) is 7.67. The normalized spacial score (nSPS) is 15.1. The number of hydrogen-bond acceptors (Lipinski definition) is 6. The lowest BCUT2D eigenvalue weighted by Crippen LogP contribution is -2.30. The Morgan fingerprint density at radius 3 is 2.56 bits per heavy atom. The standard InChI is InChI=1S/C23H29FN4O4/c1-2-31-17-11-18(20(24)19(12-17)32-13-14-7-9-27-10-8-14)21(23(29)30)28-16-5-3-15(4-6-16)22(25)26/h3-6,11-12,14,21,27-28H,2,7-10,13H2,1H3,(H3,25,26)(H,29,30). The summed E-state index contributed by atoms with van der Waals surface area (Å²) in [4.78, 5) is 12.0. The lowest BCUT2D eigenvalue weighted by atomic mass is 9.99. The number of aliphatic carboxylic acids is 1. The summed E-state index contributed by atoms with van der Waals surface area (Å²) in [6.07, 6.45) is 1.88. The second kappa shape index (κ2) is 10.8. The number of nitrogen functional groups attached to an aromatic ring is 1. The molecule has 0 saturated carbocycles. The summed E-state index contributed by atoms with van der Waals surface area (Å²) >= 11 is 0. The van der Waals surface area contributed by atoms with E-state index in [0.29, 0.717) is 36.1 Å². The van der Waals surface area contributed by atoms with Gasteiger partial charge in [-0.1, -0.05) is 0 Å². The Hall–Kier alpha value is -3.33. The molecule has 0 radical (unpaired) electrons. The van der Waals surface area contributed by atoms with Crippen LogP contribution < -0.4 is 25.8 Å². The predicted octanol–water partition coefficient (Wildman–Crippen LogP) is 3.12. The molecular formula is C23H29FN4O4. The number of ether oxygens (including phenoxy) is 2. The van der Waals surface area contributed by atoms with Crippen LogP contribution in [0.2, 0.25) is 0 Å². The van der Waals surface area contributed by atoms with Gasteiger partial charge in [-0.25, -0.2) is 9.18 Å². The third-order valence-electron chi connectivity index (χ3n) is 5.35. The van der Waals surface area contributed by atoms with Gasteiger partial charge in [0.15, 0.2) is 17.6 Å². The average Bonchev–Trinajstić information content (AvgIpc) is 2.78. The summed E-state index contributed by atoms with van der Waals surface area (Å²) in [6, 6.07) is 7.82. The van der Waals surface area contributed by atoms with Crippen molar-refractivity contribution in [1.82, 2.24) is 5.32 Å². The van der Waals surface area contributed by atoms with Gasteiger partial charge in [0.2, 0.25) is 0 Å². The lowest BCUT2D eigenvalue weighted by molar-refractivity contribution is -0.138. The van der Waals surface area contributed by atoms with Crippen molar-refractivity contribution < 1.29 is 23.8 Å². The molecule has 2 aromatic carbocycles. The fraction of sp³-hybridized carbons (Fsp3) is 0.391. The monoisotopic (exact) mass is 444 g/mol. The van der Waals surface area contributed by atoms with Crippen LogP contribution in [-0.4, -0.2) is 43.2 Å². The van der Waals surface area contributed by atoms with Gasteiger partial charge < -0.3 is 30.9 Å². The van der Waals surface area contributed by atoms with Crippen molar-refractivity contribution in [2.24, 2.45) is 11.7 Å². The molecule has 0 amide bonds. The molecule has 1 aliphatic heterocycles. The minimum absolute atomic E-state index is 0.0236. The van der Waals surface area contributed by atoms with Crippen LogP contribution in [0, 0.1) is 17.1 Å². The number of rotatable bonds is 10. The highest BCUT2D eigenvalue weighted by Gasteiger charge is 2.27. The maximum absolute atomic E-state index is 15.4. The Morgan fingerprint density at radius 1 is 1.28 bits per heavy atom. The number of carbonyl (C=O) groups is 1. The van der Waals surface area contributed by atoms with E-state index in [1.807, 2.05) is 0 Å². The van der Waals surface area contributed by atoms with Crippen molar-refractivity contribution in [3.8, 4) is 11.5 Å². The number of amidine groups is 1. The molecule has 1 heterocycles. The number of nitrogens with one attached hydrogen (secondary N) is 3. The van der Waals surface area contributed by atoms with Crippen molar-refractivity contribution in [3.05, 3.63) is 53.3 Å². The lowest BCUT2D eigenvalue weighted by Gasteiger charge is -2.24. The summed E-state index contributed by atoms with van der Waals surface area (Å²) < 4.78 is 26.7. The van der Waals surface area contributed by atoms with Crippen LogP contribution in [0.3, 0.4) is 0 Å². The Kier molecular flexibility index (Phi) is 7.88. The smallest absolute Gasteiger partial charge is 0.330 e. The minimum atomic E-state index is -1.38. The number of anilines is 1. The molecule has 6 N–H and O–H groups in total. The van der Waals surface area contributed by atoms with E-state index in [2.05, 4.69) is 10.6 Å². The van der Waals surface area contributed by atoms with Gasteiger partial charge in [0.25, 0.3) is 0 Å². The van der Waals surface area contributed by atoms with E-state index in [0.717, 1.165) is 25.9 Å². The van der Waals surface area contributed by atoms with Gasteiger partial charge in [-0.3, -0.25) is 5.41 Å². The van der Waals surface area contributed by atoms with Gasteiger partial charge in [0.1, 0.15) is 11.6 Å². The highest BCUT2D eigenvalue weighted by molar-refractivity contribution is 5.95. The largest absolute Gasteiger partial charge is 0.494 e. The molecule has 8 nitrogen and oxygen atoms in total. The number of piperidine rings is 1. The van der Waals surface area contributed by atoms with Gasteiger partial charge in [0, 0.05) is 22.9 Å². The zero-order valence-corrected chi connectivity index (χ0v) is 18.0. The first kappa shape index (κ1) is 23.3. The Labute approximate surface area is 186 Å². The first-order valence-electron chi connectivity index (χ1n) is 10.6. The van der Waals surface area contributed by atoms with Gasteiger partial charge in [0.05, 0.1) is 13.2 Å². The number of carboxylic acid groups (broad SMARTS) is 1. The van der Waals surface area contributed by atoms with Crippen molar-refractivity contribution in [2.75, 3.05) is 31.6 Å². The molecule has 1 unspecified atom stereocenters. The minimum Gasteiger partial charge on any atom is -0.494 e. The van der Waals surface area contributed by atoms with Gasteiger partial charge >= 0.3 is 5.97 Å². The zero-order chi connectivity index (χ0) is 23.1. The predicted molar refractivity (Wildman–Crippen MR) is 120 cm³/mol. The highest BCUT2D eigenvalue weighted by atomic mass is 19.1. The van der Waals surface area contributed by atoms with Crippen molar-refractivity contribution in [3.63, 3.8) is 0 Å². The molecule has 32 heavy (non-hydrogen) atoms. The average molecular weight is 445 g/mol. The van der Waals surface area contributed by atoms with E-state index in [9.17, 15) is 9.90 Å². The molecule has 0 bridgehead atoms. The zero-order valence-electron chi connectivity index (χ0n) is 18.0. The van der Waals surface area contributed by atoms with Crippen LogP contribution in [0.4, 0.5) is 10.1 Å². The first-order chi connectivity index (χ1) is 15.4. The van der Waals surface area contributed by atoms with Crippen LogP contribution in [-0.2, 0) is 4.79 Å². The number of halogens is 1. The Balaban J connectivity index is 1.87. The van der Waals surface area contributed by atoms with Gasteiger partial charge in [-0.2, -0.15) is 0 Å². The number of benzene rings is 2. The van der Waals surface area contributed by atoms with E-state index >= 15 is 4.39 Å². The fourth-order valence-electron chi connectivity index (χ4n) is 3.60. The van der Waals surface area contributed by atoms with Crippen LogP contribution in [0.25, 0.3) is 0 Å². The Morgan fingerprint density at radius 2 is 1.97 bits per heavy atom. The van der Waals surface area contributed by atoms with E-state index in [4.69, 9.17) is 20.6 Å². The van der Waals surface area contributed by atoms with Gasteiger partial charge in [-0.15, -0.1) is 0 Å². The summed E-state index contributed by atoms with van der Waals surface area (Å²) in [5, 5.41) is 23.4. The molecule has 2 aromatic rings. The molecule has 0 aromatic heterocycles. The van der Waals surface area contributed by atoms with Crippen LogP contribution >= 0.6 is 0 Å². The summed E-state index contributed by atoms with van der Waals surface area (Å²) in [7, 11) is 0. The molecule has 0 spiro atoms. The summed E-state index contributed by atoms with van der Waals surface area (Å²) in [6.45, 7) is 4.28. The molecule has 1 atom stereocenters. The Bertz CT molecular complexity index is 946. The molecule has 172 valence electrons. The number of hydrogen-bond donors (Lipinski definition) is 5. The topological polar surface area (TPSA) is 130 Å². The van der Waals surface area contributed by atoms with Crippen LogP contribution in [0.15, 0.2) is 36.4 Å². The van der Waals surface area contributed by atoms with Crippen LogP contribution in [0.5, 0.6) is 11.5 Å². The fourth-order valence-corrected chi connectivity index (χ4v) is 3.60. The maximum atomic E-state index is 15.4. The van der Waals surface area contributed by atoms with Crippen molar-refractivity contribution >= 4 is 17.5 Å². The second-order valence-electron chi connectivity index (χ2n) is 7.67. The third kappa shape index (κ3) is 5.88. The SMILES string of the molecule is CCOc1cc(OCC2CCNCC2)c(F)c(C(Nc2ccc(C(=N)N)cc2)C(=O)O)c1. The highest BCUT2D eigenvalue weighted by Crippen LogP contribution is 2.33. The van der Waals surface area contributed by atoms with E-state index in [1.165, 1.54) is 12.1 Å². The van der Waals surface area contributed by atoms with Crippen molar-refractivity contribution in [1.29, 1.82) is 5.41 Å². The number of nitrogens with two attached hydrogens (primary N) is 1.